The third kappa shape index (κ3) is 7.46. The van der Waals surface area contributed by atoms with Gasteiger partial charge in [0.2, 0.25) is 0 Å². The Morgan fingerprint density at radius 3 is 2.05 bits per heavy atom. The maximum Gasteiger partial charge on any atom is 0.308 e. The number of phenolic OH excluding ortho intramolecular Hbond substituents is 1. The topological polar surface area (TPSA) is 85.2 Å². The maximum atomic E-state index is 11.1. The first-order valence-electron chi connectivity index (χ1n) is 11.8. The lowest BCUT2D eigenvalue weighted by molar-refractivity contribution is -0.131. The van der Waals surface area contributed by atoms with E-state index in [0.29, 0.717) is 24.7 Å². The van der Waals surface area contributed by atoms with Crippen LogP contribution in [0.1, 0.15) is 35.3 Å². The predicted molar refractivity (Wildman–Crippen MR) is 141 cm³/mol. The van der Waals surface area contributed by atoms with E-state index in [2.05, 4.69) is 0 Å². The summed E-state index contributed by atoms with van der Waals surface area (Å²) in [5, 5.41) is 21.0. The highest BCUT2D eigenvalue weighted by Gasteiger charge is 2.12. The largest absolute Gasteiger partial charge is 0.507 e. The third-order valence-corrected chi connectivity index (χ3v) is 5.51. The van der Waals surface area contributed by atoms with Gasteiger partial charge in [-0.2, -0.15) is 0 Å². The Hall–Kier alpha value is -4.55. The fourth-order valence-corrected chi connectivity index (χ4v) is 3.64. The number of rotatable bonds is 10. The summed E-state index contributed by atoms with van der Waals surface area (Å²) in [7, 11) is 0. The Morgan fingerprint density at radius 1 is 0.811 bits per heavy atom. The Kier molecular flexibility index (Phi) is 8.57. The van der Waals surface area contributed by atoms with Gasteiger partial charge in [-0.3, -0.25) is 4.79 Å². The minimum Gasteiger partial charge on any atom is -0.507 e. The van der Waals surface area contributed by atoms with E-state index in [0.717, 1.165) is 16.7 Å². The Morgan fingerprint density at radius 2 is 1.43 bits per heavy atom. The molecule has 2 N–H and O–H groups in total. The number of carbonyl (C=O) groups is 1. The van der Waals surface area contributed by atoms with Crippen LogP contribution in [0.2, 0.25) is 0 Å². The van der Waals surface area contributed by atoms with Crippen molar-refractivity contribution in [2.45, 2.75) is 26.2 Å². The Labute approximate surface area is 216 Å². The van der Waals surface area contributed by atoms with Crippen LogP contribution in [0.3, 0.4) is 0 Å². The van der Waals surface area contributed by atoms with Gasteiger partial charge in [0.1, 0.15) is 42.3 Å². The van der Waals surface area contributed by atoms with E-state index in [9.17, 15) is 15.0 Å². The van der Waals surface area contributed by atoms with Crippen molar-refractivity contribution < 1.29 is 29.2 Å². The van der Waals surface area contributed by atoms with Gasteiger partial charge >= 0.3 is 5.97 Å². The molecule has 0 aromatic heterocycles. The van der Waals surface area contributed by atoms with Crippen LogP contribution in [0.5, 0.6) is 23.0 Å². The van der Waals surface area contributed by atoms with Crippen molar-refractivity contribution >= 4 is 12.0 Å². The Balaban J connectivity index is 1.52. The number of ether oxygens (including phenoxy) is 3. The molecule has 1 unspecified atom stereocenters. The molecule has 0 aliphatic rings. The van der Waals surface area contributed by atoms with Gasteiger partial charge in [-0.25, -0.2) is 0 Å². The second-order valence-corrected chi connectivity index (χ2v) is 8.37. The van der Waals surface area contributed by atoms with Crippen LogP contribution in [0.15, 0.2) is 103 Å². The van der Waals surface area contributed by atoms with E-state index in [1.807, 2.05) is 78.9 Å². The number of aliphatic hydroxyl groups is 1. The quantitative estimate of drug-likeness (QED) is 0.200. The number of aliphatic hydroxyl groups excluding tert-OH is 1. The Bertz CT molecular complexity index is 1350. The highest BCUT2D eigenvalue weighted by Crippen LogP contribution is 2.32. The van der Waals surface area contributed by atoms with Crippen LogP contribution in [-0.2, 0) is 18.0 Å². The minimum atomic E-state index is -1.10. The zero-order valence-corrected chi connectivity index (χ0v) is 20.4. The van der Waals surface area contributed by atoms with Crippen LogP contribution in [0.4, 0.5) is 0 Å². The fraction of sp³-hybridized carbons (Fsp3) is 0.129. The van der Waals surface area contributed by atoms with Crippen molar-refractivity contribution in [1.82, 2.24) is 0 Å². The molecule has 0 aliphatic carbocycles. The van der Waals surface area contributed by atoms with Gasteiger partial charge in [0.05, 0.1) is 0 Å². The number of benzene rings is 4. The monoisotopic (exact) mass is 496 g/mol. The van der Waals surface area contributed by atoms with Crippen molar-refractivity contribution in [3.8, 4) is 23.0 Å². The van der Waals surface area contributed by atoms with Crippen LogP contribution in [0.25, 0.3) is 6.08 Å². The molecule has 0 spiro atoms. The molecule has 4 aromatic carbocycles. The maximum absolute atomic E-state index is 11.1. The smallest absolute Gasteiger partial charge is 0.308 e. The second kappa shape index (κ2) is 12.4. The van der Waals surface area contributed by atoms with Gasteiger partial charge in [0.25, 0.3) is 0 Å². The van der Waals surface area contributed by atoms with Crippen LogP contribution in [-0.4, -0.2) is 16.2 Å². The first kappa shape index (κ1) is 25.5. The molecule has 4 rings (SSSR count). The molecule has 0 fully saturated rings. The average Bonchev–Trinajstić information content (AvgIpc) is 2.91. The zero-order chi connectivity index (χ0) is 26.0. The summed E-state index contributed by atoms with van der Waals surface area (Å²) >= 11 is 0. The summed E-state index contributed by atoms with van der Waals surface area (Å²) < 4.78 is 17.1. The van der Waals surface area contributed by atoms with Crippen LogP contribution < -0.4 is 14.2 Å². The number of hydrogen-bond acceptors (Lipinski definition) is 6. The van der Waals surface area contributed by atoms with Gasteiger partial charge < -0.3 is 24.4 Å². The zero-order valence-electron chi connectivity index (χ0n) is 20.4. The van der Waals surface area contributed by atoms with Crippen molar-refractivity contribution in [1.29, 1.82) is 0 Å². The molecular formula is C31H28O6. The van der Waals surface area contributed by atoms with E-state index in [1.54, 1.807) is 12.2 Å². The van der Waals surface area contributed by atoms with Gasteiger partial charge in [-0.05, 0) is 35.4 Å². The van der Waals surface area contributed by atoms with Gasteiger partial charge in [0, 0.05) is 30.2 Å². The summed E-state index contributed by atoms with van der Waals surface area (Å²) in [6.45, 7) is 2.07. The van der Waals surface area contributed by atoms with Crippen molar-refractivity contribution in [2.24, 2.45) is 0 Å². The van der Waals surface area contributed by atoms with Gasteiger partial charge in [-0.1, -0.05) is 72.8 Å². The van der Waals surface area contributed by atoms with Crippen molar-refractivity contribution in [2.75, 3.05) is 0 Å². The number of esters is 1. The fourth-order valence-electron chi connectivity index (χ4n) is 3.64. The molecule has 0 saturated heterocycles. The normalized spacial score (nSPS) is 11.7. The molecule has 0 saturated carbocycles. The standard InChI is InChI=1S/C31H28O6/c1-22(32)37-27-15-16-28(30(34)18-27)29(33)17-13-25-12-14-26(35-20-23-8-4-2-5-9-23)19-31(25)36-21-24-10-6-3-7-11-24/h2-19,29,33-34H,20-21H2,1H3. The van der Waals surface area contributed by atoms with E-state index in [4.69, 9.17) is 14.2 Å². The average molecular weight is 497 g/mol. The van der Waals surface area contributed by atoms with Crippen LogP contribution in [0, 0.1) is 0 Å². The lowest BCUT2D eigenvalue weighted by Crippen LogP contribution is -2.02. The lowest BCUT2D eigenvalue weighted by Gasteiger charge is -2.14. The van der Waals surface area contributed by atoms with Gasteiger partial charge in [-0.15, -0.1) is 0 Å². The van der Waals surface area contributed by atoms with E-state index in [1.165, 1.54) is 25.1 Å². The number of phenols is 1. The number of carbonyl (C=O) groups excluding carboxylic acids is 1. The number of hydrogen-bond donors (Lipinski definition) is 2. The van der Waals surface area contributed by atoms with Gasteiger partial charge in [0.15, 0.2) is 0 Å². The third-order valence-electron chi connectivity index (χ3n) is 5.51. The highest BCUT2D eigenvalue weighted by atomic mass is 16.5. The van der Waals surface area contributed by atoms with E-state index >= 15 is 0 Å². The molecule has 0 bridgehead atoms. The number of aromatic hydroxyl groups is 1. The molecule has 188 valence electrons. The first-order chi connectivity index (χ1) is 18.0. The van der Waals surface area contributed by atoms with E-state index in [-0.39, 0.29) is 17.1 Å². The molecule has 37 heavy (non-hydrogen) atoms. The summed E-state index contributed by atoms with van der Waals surface area (Å²) in [6, 6.07) is 29.6. The molecule has 6 nitrogen and oxygen atoms in total. The van der Waals surface area contributed by atoms with Crippen LogP contribution >= 0.6 is 0 Å². The SMILES string of the molecule is CC(=O)Oc1ccc(C(O)C=Cc2ccc(OCc3ccccc3)cc2OCc2ccccc2)c(O)c1. The molecule has 0 radical (unpaired) electrons. The second-order valence-electron chi connectivity index (χ2n) is 8.37. The summed E-state index contributed by atoms with van der Waals surface area (Å²) in [5.74, 6) is 0.774. The summed E-state index contributed by atoms with van der Waals surface area (Å²) in [6.07, 6.45) is 2.18. The summed E-state index contributed by atoms with van der Waals surface area (Å²) in [4.78, 5) is 11.1. The molecule has 4 aromatic rings. The van der Waals surface area contributed by atoms with Crippen molar-refractivity contribution in [3.05, 3.63) is 125 Å². The minimum absolute atomic E-state index is 0.180. The highest BCUT2D eigenvalue weighted by molar-refractivity contribution is 5.69. The van der Waals surface area contributed by atoms with E-state index < -0.39 is 12.1 Å². The molecular weight excluding hydrogens is 468 g/mol. The summed E-state index contributed by atoms with van der Waals surface area (Å²) in [5.41, 5.74) is 3.09. The predicted octanol–water partition coefficient (Wildman–Crippen LogP) is 6.22. The molecule has 0 amide bonds. The first-order valence-corrected chi connectivity index (χ1v) is 11.8. The molecule has 1 atom stereocenters. The van der Waals surface area contributed by atoms with Crippen molar-refractivity contribution in [3.63, 3.8) is 0 Å². The molecule has 6 heteroatoms. The molecule has 0 aliphatic heterocycles. The lowest BCUT2D eigenvalue weighted by atomic mass is 10.1. The molecule has 0 heterocycles.